The third kappa shape index (κ3) is 3.57. The monoisotopic (exact) mass is 351 g/mol. The lowest BCUT2D eigenvalue weighted by molar-refractivity contribution is 0.0936. The Kier molecular flexibility index (Phi) is 4.86. The van der Waals surface area contributed by atoms with Crippen LogP contribution in [-0.4, -0.2) is 48.6 Å². The van der Waals surface area contributed by atoms with Crippen LogP contribution in [0.25, 0.3) is 0 Å². The van der Waals surface area contributed by atoms with E-state index in [-0.39, 0.29) is 11.9 Å². The number of carbonyl (C=O) groups is 1. The molecule has 0 radical (unpaired) electrons. The molecular weight excluding hydrogens is 326 g/mol. The van der Waals surface area contributed by atoms with Gasteiger partial charge in [0.15, 0.2) is 0 Å². The first-order valence-corrected chi connectivity index (χ1v) is 9.24. The van der Waals surface area contributed by atoms with Crippen LogP contribution in [0.15, 0.2) is 42.6 Å². The number of nitrogens with one attached hydrogen (secondary N) is 2. The maximum absolute atomic E-state index is 12.6. The molecule has 1 saturated heterocycles. The molecule has 0 saturated carbocycles. The van der Waals surface area contributed by atoms with Gasteiger partial charge < -0.3 is 10.2 Å². The van der Waals surface area contributed by atoms with Gasteiger partial charge >= 0.3 is 0 Å². The van der Waals surface area contributed by atoms with E-state index in [1.54, 1.807) is 12.3 Å². The second-order valence-electron chi connectivity index (χ2n) is 6.97. The summed E-state index contributed by atoms with van der Waals surface area (Å²) in [6, 6.07) is 12.4. The highest BCUT2D eigenvalue weighted by atomic mass is 16.1. The second-order valence-corrected chi connectivity index (χ2v) is 6.97. The fourth-order valence-electron chi connectivity index (χ4n) is 3.77. The molecule has 0 aliphatic carbocycles. The van der Waals surface area contributed by atoms with Crippen molar-refractivity contribution in [1.82, 2.24) is 20.7 Å². The second kappa shape index (κ2) is 7.43. The normalized spacial score (nSPS) is 20.0. The molecule has 26 heavy (non-hydrogen) atoms. The summed E-state index contributed by atoms with van der Waals surface area (Å²) in [5.74, 6) is 0.851. The van der Waals surface area contributed by atoms with Gasteiger partial charge in [0.2, 0.25) is 0 Å². The Morgan fingerprint density at radius 2 is 2.04 bits per heavy atom. The minimum Gasteiger partial charge on any atom is -0.352 e. The standard InChI is InChI=1S/C20H25N5O/c1-21-25-11-8-18(14-25)23-20(26)16-6-9-22-19(12-16)24-10-7-15-4-2-3-5-17(15)13-24/h2-6,9,12,18,21H,7-8,10-11,13-14H2,1H3,(H,23,26)/t18-/m1/s1. The van der Waals surface area contributed by atoms with Gasteiger partial charge in [-0.1, -0.05) is 24.3 Å². The van der Waals surface area contributed by atoms with Gasteiger partial charge in [-0.05, 0) is 43.1 Å². The zero-order valence-electron chi connectivity index (χ0n) is 15.1. The molecule has 0 bridgehead atoms. The smallest absolute Gasteiger partial charge is 0.251 e. The Bertz CT molecular complexity index is 793. The summed E-state index contributed by atoms with van der Waals surface area (Å²) in [7, 11) is 1.91. The molecule has 2 N–H and O–H groups in total. The SMILES string of the molecule is CNN1CC[C@@H](NC(=O)c2ccnc(N3CCc4ccccc4C3)c2)C1. The van der Waals surface area contributed by atoms with Crippen molar-refractivity contribution in [3.05, 3.63) is 59.3 Å². The van der Waals surface area contributed by atoms with E-state index in [0.717, 1.165) is 44.8 Å². The van der Waals surface area contributed by atoms with Gasteiger partial charge in [-0.25, -0.2) is 9.99 Å². The van der Waals surface area contributed by atoms with Crippen molar-refractivity contribution in [2.24, 2.45) is 0 Å². The molecular formula is C20H25N5O. The number of hydrazine groups is 1. The highest BCUT2D eigenvalue weighted by Gasteiger charge is 2.24. The molecule has 2 aliphatic rings. The van der Waals surface area contributed by atoms with Crippen molar-refractivity contribution in [2.45, 2.75) is 25.4 Å². The molecule has 0 unspecified atom stereocenters. The molecule has 0 spiro atoms. The lowest BCUT2D eigenvalue weighted by Gasteiger charge is -2.30. The van der Waals surface area contributed by atoms with Crippen molar-refractivity contribution in [1.29, 1.82) is 0 Å². The number of benzene rings is 1. The van der Waals surface area contributed by atoms with E-state index in [9.17, 15) is 4.79 Å². The number of amides is 1. The van der Waals surface area contributed by atoms with E-state index in [0.29, 0.717) is 5.56 Å². The molecule has 1 atom stereocenters. The van der Waals surface area contributed by atoms with Crippen molar-refractivity contribution in [2.75, 3.05) is 31.6 Å². The zero-order chi connectivity index (χ0) is 17.9. The zero-order valence-corrected chi connectivity index (χ0v) is 15.1. The molecule has 1 aromatic heterocycles. The van der Waals surface area contributed by atoms with Gasteiger partial charge in [0.25, 0.3) is 5.91 Å². The van der Waals surface area contributed by atoms with Crippen molar-refractivity contribution >= 4 is 11.7 Å². The maximum Gasteiger partial charge on any atom is 0.251 e. The van der Waals surface area contributed by atoms with E-state index < -0.39 is 0 Å². The van der Waals surface area contributed by atoms with Crippen LogP contribution < -0.4 is 15.6 Å². The van der Waals surface area contributed by atoms with Gasteiger partial charge in [-0.15, -0.1) is 0 Å². The minimum absolute atomic E-state index is 0.0194. The van der Waals surface area contributed by atoms with E-state index in [4.69, 9.17) is 0 Å². The minimum atomic E-state index is -0.0194. The topological polar surface area (TPSA) is 60.5 Å². The Morgan fingerprint density at radius 1 is 1.19 bits per heavy atom. The molecule has 4 rings (SSSR count). The summed E-state index contributed by atoms with van der Waals surface area (Å²) in [4.78, 5) is 19.4. The van der Waals surface area contributed by atoms with Crippen LogP contribution in [0.5, 0.6) is 0 Å². The number of hydrogen-bond donors (Lipinski definition) is 2. The molecule has 6 heteroatoms. The first kappa shape index (κ1) is 17.0. The van der Waals surface area contributed by atoms with E-state index in [1.807, 2.05) is 13.1 Å². The first-order chi connectivity index (χ1) is 12.7. The summed E-state index contributed by atoms with van der Waals surface area (Å²) < 4.78 is 0. The number of nitrogens with zero attached hydrogens (tertiary/aromatic N) is 3. The summed E-state index contributed by atoms with van der Waals surface area (Å²) in [6.45, 7) is 3.56. The third-order valence-electron chi connectivity index (χ3n) is 5.30. The number of hydrogen-bond acceptors (Lipinski definition) is 5. The maximum atomic E-state index is 12.6. The predicted molar refractivity (Wildman–Crippen MR) is 102 cm³/mol. The first-order valence-electron chi connectivity index (χ1n) is 9.24. The fraction of sp³-hybridized carbons (Fsp3) is 0.400. The predicted octanol–water partition coefficient (Wildman–Crippen LogP) is 1.58. The van der Waals surface area contributed by atoms with Crippen LogP contribution in [0.2, 0.25) is 0 Å². The van der Waals surface area contributed by atoms with Crippen molar-refractivity contribution in [3.63, 3.8) is 0 Å². The molecule has 136 valence electrons. The number of carbonyl (C=O) groups excluding carboxylic acids is 1. The summed E-state index contributed by atoms with van der Waals surface area (Å²) in [6.07, 6.45) is 3.71. The van der Waals surface area contributed by atoms with Crippen molar-refractivity contribution < 1.29 is 4.79 Å². The lowest BCUT2D eigenvalue weighted by Crippen LogP contribution is -2.40. The number of fused-ring (bicyclic) bond motifs is 1. The van der Waals surface area contributed by atoms with E-state index in [1.165, 1.54) is 11.1 Å². The Balaban J connectivity index is 1.44. The highest BCUT2D eigenvalue weighted by molar-refractivity contribution is 5.95. The van der Waals surface area contributed by atoms with Crippen molar-refractivity contribution in [3.8, 4) is 0 Å². The summed E-state index contributed by atoms with van der Waals surface area (Å²) in [5, 5.41) is 5.26. The highest BCUT2D eigenvalue weighted by Crippen LogP contribution is 2.23. The van der Waals surface area contributed by atoms with Gasteiger partial charge in [0.05, 0.1) is 0 Å². The van der Waals surface area contributed by atoms with Gasteiger partial charge in [0, 0.05) is 44.0 Å². The Labute approximate surface area is 154 Å². The van der Waals surface area contributed by atoms with Gasteiger partial charge in [0.1, 0.15) is 5.82 Å². The number of pyridine rings is 1. The summed E-state index contributed by atoms with van der Waals surface area (Å²) >= 11 is 0. The summed E-state index contributed by atoms with van der Waals surface area (Å²) in [5.41, 5.74) is 6.56. The van der Waals surface area contributed by atoms with Gasteiger partial charge in [-0.3, -0.25) is 10.2 Å². The fourth-order valence-corrected chi connectivity index (χ4v) is 3.77. The Morgan fingerprint density at radius 3 is 2.85 bits per heavy atom. The molecule has 3 heterocycles. The number of rotatable bonds is 4. The quantitative estimate of drug-likeness (QED) is 0.876. The Hall–Kier alpha value is -2.44. The number of anilines is 1. The lowest BCUT2D eigenvalue weighted by atomic mass is 10.00. The van der Waals surface area contributed by atoms with E-state index >= 15 is 0 Å². The molecule has 2 aliphatic heterocycles. The molecule has 1 aromatic carbocycles. The van der Waals surface area contributed by atoms with Crippen LogP contribution in [0.3, 0.4) is 0 Å². The number of aromatic nitrogens is 1. The molecule has 6 nitrogen and oxygen atoms in total. The average molecular weight is 351 g/mol. The largest absolute Gasteiger partial charge is 0.352 e. The van der Waals surface area contributed by atoms with Gasteiger partial charge in [-0.2, -0.15) is 0 Å². The van der Waals surface area contributed by atoms with E-state index in [2.05, 4.69) is 49.9 Å². The molecule has 1 fully saturated rings. The van der Waals surface area contributed by atoms with Crippen LogP contribution in [0, 0.1) is 0 Å². The molecule has 1 amide bonds. The van der Waals surface area contributed by atoms with Crippen LogP contribution in [0.4, 0.5) is 5.82 Å². The third-order valence-corrected chi connectivity index (χ3v) is 5.30. The average Bonchev–Trinajstić information content (AvgIpc) is 3.15. The van der Waals surface area contributed by atoms with Crippen LogP contribution in [0.1, 0.15) is 27.9 Å². The van der Waals surface area contributed by atoms with Crippen LogP contribution >= 0.6 is 0 Å². The van der Waals surface area contributed by atoms with Crippen LogP contribution in [-0.2, 0) is 13.0 Å². The molecule has 2 aromatic rings.